The summed E-state index contributed by atoms with van der Waals surface area (Å²) in [4.78, 5) is 0. The van der Waals surface area contributed by atoms with Crippen LogP contribution in [0.15, 0.2) is 0 Å². The van der Waals surface area contributed by atoms with Crippen molar-refractivity contribution in [3.05, 3.63) is 0 Å². The lowest BCUT2D eigenvalue weighted by atomic mass is 9.63. The third kappa shape index (κ3) is 1.27. The van der Waals surface area contributed by atoms with Gasteiger partial charge in [0.25, 0.3) is 0 Å². The maximum Gasteiger partial charge on any atom is 0.151 e. The van der Waals surface area contributed by atoms with Gasteiger partial charge in [0.2, 0.25) is 0 Å². The average molecular weight is 217 g/mol. The zero-order chi connectivity index (χ0) is 9.74. The number of hydrogen-bond acceptors (Lipinski definition) is 4. The maximum absolute atomic E-state index is 11.0. The zero-order valence-corrected chi connectivity index (χ0v) is 9.04. The smallest absolute Gasteiger partial charge is 0.151 e. The van der Waals surface area contributed by atoms with Gasteiger partial charge in [-0.2, -0.15) is 5.26 Å². The summed E-state index contributed by atoms with van der Waals surface area (Å²) in [5.41, 5.74) is -0.0163. The van der Waals surface area contributed by atoms with E-state index in [1.165, 1.54) is 0 Å². The lowest BCUT2D eigenvalue weighted by Crippen LogP contribution is -2.62. The van der Waals surface area contributed by atoms with Gasteiger partial charge >= 0.3 is 0 Å². The first-order valence-corrected chi connectivity index (χ1v) is 7.16. The van der Waals surface area contributed by atoms with Crippen molar-refractivity contribution in [2.45, 2.75) is 17.6 Å². The molecule has 0 unspecified atom stereocenters. The van der Waals surface area contributed by atoms with Crippen molar-refractivity contribution in [1.29, 1.82) is 5.26 Å². The highest BCUT2D eigenvalue weighted by Crippen LogP contribution is 2.59. The second-order valence-corrected chi connectivity index (χ2v) is 7.45. The summed E-state index contributed by atoms with van der Waals surface area (Å²) in [5, 5.41) is 8.90. The van der Waals surface area contributed by atoms with Crippen LogP contribution in [-0.2, 0) is 9.84 Å². The van der Waals surface area contributed by atoms with Crippen molar-refractivity contribution in [2.75, 3.05) is 17.8 Å². The predicted molar refractivity (Wildman–Crippen MR) is 52.2 cm³/mol. The molecule has 1 spiro atoms. The first kappa shape index (κ1) is 9.35. The summed E-state index contributed by atoms with van der Waals surface area (Å²) in [7, 11) is -2.74. The van der Waals surface area contributed by atoms with Crippen LogP contribution in [0.3, 0.4) is 0 Å². The van der Waals surface area contributed by atoms with Crippen LogP contribution in [0.5, 0.6) is 0 Å². The molecule has 0 aromatic heterocycles. The van der Waals surface area contributed by atoms with Gasteiger partial charge in [0.15, 0.2) is 9.84 Å². The first-order valence-electron chi connectivity index (χ1n) is 4.12. The third-order valence-electron chi connectivity index (χ3n) is 2.97. The SMILES string of the molecule is CSC1(C#N)CC2(C1)CS(=O)(=O)C2. The molecule has 1 heterocycles. The highest BCUT2D eigenvalue weighted by molar-refractivity contribution is 8.00. The van der Waals surface area contributed by atoms with E-state index < -0.39 is 9.84 Å². The number of nitriles is 1. The summed E-state index contributed by atoms with van der Waals surface area (Å²) in [5.74, 6) is 0.619. The van der Waals surface area contributed by atoms with Crippen LogP contribution in [0.2, 0.25) is 0 Å². The minimum atomic E-state index is -2.74. The second kappa shape index (κ2) is 2.43. The Kier molecular flexibility index (Phi) is 1.74. The van der Waals surface area contributed by atoms with Crippen LogP contribution >= 0.6 is 11.8 Å². The molecule has 0 aromatic rings. The summed E-state index contributed by atoms with van der Waals surface area (Å²) in [6.45, 7) is 0. The van der Waals surface area contributed by atoms with E-state index >= 15 is 0 Å². The summed E-state index contributed by atoms with van der Waals surface area (Å²) in [6.07, 6.45) is 3.44. The van der Waals surface area contributed by atoms with Gasteiger partial charge in [-0.15, -0.1) is 11.8 Å². The lowest BCUT2D eigenvalue weighted by Gasteiger charge is -2.56. The number of sulfone groups is 1. The van der Waals surface area contributed by atoms with Crippen molar-refractivity contribution in [3.63, 3.8) is 0 Å². The monoisotopic (exact) mass is 217 g/mol. The Bertz CT molecular complexity index is 359. The van der Waals surface area contributed by atoms with Crippen LogP contribution < -0.4 is 0 Å². The number of thioether (sulfide) groups is 1. The molecule has 0 bridgehead atoms. The fraction of sp³-hybridized carbons (Fsp3) is 0.875. The lowest BCUT2D eigenvalue weighted by molar-refractivity contribution is 0.148. The molecule has 0 atom stereocenters. The van der Waals surface area contributed by atoms with Crippen molar-refractivity contribution in [2.24, 2.45) is 5.41 Å². The van der Waals surface area contributed by atoms with Gasteiger partial charge in [0.1, 0.15) is 4.75 Å². The predicted octanol–water partition coefficient (Wildman–Crippen LogP) is 0.820. The summed E-state index contributed by atoms with van der Waals surface area (Å²) < 4.78 is 21.7. The van der Waals surface area contributed by atoms with E-state index in [1.807, 2.05) is 6.26 Å². The minimum absolute atomic E-state index is 0.0163. The van der Waals surface area contributed by atoms with Crippen molar-refractivity contribution >= 4 is 21.6 Å². The molecule has 1 saturated heterocycles. The number of rotatable bonds is 1. The average Bonchev–Trinajstić information content (AvgIpc) is 1.94. The van der Waals surface area contributed by atoms with Crippen LogP contribution in [0.4, 0.5) is 0 Å². The normalized spacial score (nSPS) is 31.4. The van der Waals surface area contributed by atoms with Gasteiger partial charge in [-0.1, -0.05) is 0 Å². The van der Waals surface area contributed by atoms with Gasteiger partial charge in [-0.05, 0) is 19.1 Å². The molecule has 2 fully saturated rings. The summed E-state index contributed by atoms with van der Waals surface area (Å²) in [6, 6.07) is 2.28. The third-order valence-corrected chi connectivity index (χ3v) is 6.23. The Hall–Kier alpha value is -0.210. The largest absolute Gasteiger partial charge is 0.229 e. The highest BCUT2D eigenvalue weighted by atomic mass is 32.2. The van der Waals surface area contributed by atoms with E-state index in [0.29, 0.717) is 11.5 Å². The molecule has 1 aliphatic heterocycles. The Balaban J connectivity index is 2.04. The molecule has 2 aliphatic rings. The van der Waals surface area contributed by atoms with Crippen molar-refractivity contribution < 1.29 is 8.42 Å². The van der Waals surface area contributed by atoms with Crippen molar-refractivity contribution in [3.8, 4) is 6.07 Å². The molecular formula is C8H11NO2S2. The fourth-order valence-electron chi connectivity index (χ4n) is 2.52. The molecule has 72 valence electrons. The number of nitrogens with zero attached hydrogens (tertiary/aromatic N) is 1. The molecule has 5 heteroatoms. The molecular weight excluding hydrogens is 206 g/mol. The van der Waals surface area contributed by atoms with E-state index in [0.717, 1.165) is 12.8 Å². The molecule has 2 rings (SSSR count). The molecule has 1 aliphatic carbocycles. The maximum atomic E-state index is 11.0. The second-order valence-electron chi connectivity index (χ2n) is 4.20. The molecule has 0 amide bonds. The van der Waals surface area contributed by atoms with E-state index in [2.05, 4.69) is 6.07 Å². The molecule has 0 aromatic carbocycles. The van der Waals surface area contributed by atoms with E-state index in [4.69, 9.17) is 5.26 Å². The standard InChI is InChI=1S/C8H11NO2S2/c1-12-8(4-9)2-7(3-8)5-13(10,11)6-7/h2-3,5-6H2,1H3. The van der Waals surface area contributed by atoms with Crippen LogP contribution in [0.25, 0.3) is 0 Å². The van der Waals surface area contributed by atoms with Gasteiger partial charge < -0.3 is 0 Å². The van der Waals surface area contributed by atoms with E-state index in [1.54, 1.807) is 11.8 Å². The molecule has 0 N–H and O–H groups in total. The molecule has 13 heavy (non-hydrogen) atoms. The Morgan fingerprint density at radius 2 is 1.92 bits per heavy atom. The van der Waals surface area contributed by atoms with E-state index in [9.17, 15) is 8.42 Å². The van der Waals surface area contributed by atoms with E-state index in [-0.39, 0.29) is 10.2 Å². The van der Waals surface area contributed by atoms with Crippen molar-refractivity contribution in [1.82, 2.24) is 0 Å². The van der Waals surface area contributed by atoms with Gasteiger partial charge in [-0.3, -0.25) is 0 Å². The topological polar surface area (TPSA) is 57.9 Å². The first-order chi connectivity index (χ1) is 5.95. The molecule has 0 radical (unpaired) electrons. The molecule has 3 nitrogen and oxygen atoms in total. The van der Waals surface area contributed by atoms with Gasteiger partial charge in [0.05, 0.1) is 17.6 Å². The Labute approximate surface area is 82.4 Å². The Morgan fingerprint density at radius 3 is 2.23 bits per heavy atom. The zero-order valence-electron chi connectivity index (χ0n) is 7.41. The summed E-state index contributed by atoms with van der Waals surface area (Å²) >= 11 is 1.55. The van der Waals surface area contributed by atoms with Crippen LogP contribution in [0, 0.1) is 16.7 Å². The van der Waals surface area contributed by atoms with Crippen LogP contribution in [-0.4, -0.2) is 30.9 Å². The Morgan fingerprint density at radius 1 is 1.38 bits per heavy atom. The minimum Gasteiger partial charge on any atom is -0.229 e. The number of hydrogen-bond donors (Lipinski definition) is 0. The van der Waals surface area contributed by atoms with Gasteiger partial charge in [-0.25, -0.2) is 8.42 Å². The fourth-order valence-corrected chi connectivity index (χ4v) is 5.71. The quantitative estimate of drug-likeness (QED) is 0.652. The van der Waals surface area contributed by atoms with Gasteiger partial charge in [0, 0.05) is 5.41 Å². The van der Waals surface area contributed by atoms with Crippen LogP contribution in [0.1, 0.15) is 12.8 Å². The highest BCUT2D eigenvalue weighted by Gasteiger charge is 2.63. The molecule has 1 saturated carbocycles.